The second-order valence-corrected chi connectivity index (χ2v) is 5.44. The van der Waals surface area contributed by atoms with E-state index in [1.165, 1.54) is 0 Å². The molecule has 124 valence electrons. The molecule has 0 aliphatic rings. The number of carbonyl (C=O) groups is 1. The van der Waals surface area contributed by atoms with Crippen molar-refractivity contribution < 1.29 is 9.53 Å². The first-order valence-electron chi connectivity index (χ1n) is 7.40. The number of hydrogen-bond donors (Lipinski definition) is 2. The van der Waals surface area contributed by atoms with Gasteiger partial charge in [-0.3, -0.25) is 4.79 Å². The van der Waals surface area contributed by atoms with Crippen molar-refractivity contribution in [3.63, 3.8) is 0 Å². The second kappa shape index (κ2) is 9.87. The third-order valence-electron chi connectivity index (χ3n) is 3.27. The van der Waals surface area contributed by atoms with Gasteiger partial charge < -0.3 is 15.8 Å². The number of carbonyl (C=O) groups excluding carboxylic acids is 1. The first-order valence-corrected chi connectivity index (χ1v) is 7.40. The van der Waals surface area contributed by atoms with Gasteiger partial charge in [-0.05, 0) is 29.7 Å². The molecule has 2 aromatic rings. The van der Waals surface area contributed by atoms with Crippen molar-refractivity contribution in [2.24, 2.45) is 5.92 Å². The Bertz CT molecular complexity index is 605. The van der Waals surface area contributed by atoms with E-state index < -0.39 is 0 Å². The summed E-state index contributed by atoms with van der Waals surface area (Å²) in [4.78, 5) is 12.0. The van der Waals surface area contributed by atoms with Crippen molar-refractivity contribution in [3.8, 4) is 0 Å². The molecule has 0 saturated carbocycles. The summed E-state index contributed by atoms with van der Waals surface area (Å²) in [6.07, 6.45) is 0. The van der Waals surface area contributed by atoms with Crippen LogP contribution in [0.1, 0.15) is 22.8 Å². The average Bonchev–Trinajstić information content (AvgIpc) is 2.53. The van der Waals surface area contributed by atoms with Gasteiger partial charge in [0.15, 0.2) is 0 Å². The van der Waals surface area contributed by atoms with Gasteiger partial charge in [0.1, 0.15) is 0 Å². The Hall–Kier alpha value is -2.04. The van der Waals surface area contributed by atoms with Crippen molar-refractivity contribution in [1.82, 2.24) is 5.32 Å². The van der Waals surface area contributed by atoms with Gasteiger partial charge >= 0.3 is 0 Å². The summed E-state index contributed by atoms with van der Waals surface area (Å²) in [5, 5.41) is 2.90. The Labute approximate surface area is 143 Å². The number of rotatable bonds is 7. The van der Waals surface area contributed by atoms with E-state index in [1.807, 2.05) is 37.3 Å². The predicted molar refractivity (Wildman–Crippen MR) is 95.7 cm³/mol. The van der Waals surface area contributed by atoms with Gasteiger partial charge in [-0.1, -0.05) is 43.3 Å². The molecule has 2 rings (SSSR count). The van der Waals surface area contributed by atoms with Crippen LogP contribution in [0.15, 0.2) is 54.6 Å². The minimum atomic E-state index is -0.109. The number of amides is 1. The molecule has 0 aromatic heterocycles. The fourth-order valence-electron chi connectivity index (χ4n) is 2.06. The minimum Gasteiger partial charge on any atom is -0.399 e. The van der Waals surface area contributed by atoms with Crippen LogP contribution in [-0.2, 0) is 11.3 Å². The Kier molecular flexibility index (Phi) is 8.16. The summed E-state index contributed by atoms with van der Waals surface area (Å²) in [5.74, 6) is 0.135. The number of benzene rings is 2. The van der Waals surface area contributed by atoms with Gasteiger partial charge in [0.2, 0.25) is 0 Å². The van der Waals surface area contributed by atoms with E-state index in [4.69, 9.17) is 10.5 Å². The van der Waals surface area contributed by atoms with E-state index in [0.29, 0.717) is 31.0 Å². The molecule has 3 N–H and O–H groups in total. The van der Waals surface area contributed by atoms with E-state index in [-0.39, 0.29) is 24.2 Å². The van der Waals surface area contributed by atoms with E-state index >= 15 is 0 Å². The molecule has 5 heteroatoms. The number of nitrogens with two attached hydrogens (primary N) is 1. The lowest BCUT2D eigenvalue weighted by Gasteiger charge is -2.13. The fraction of sp³-hybridized carbons (Fsp3) is 0.278. The summed E-state index contributed by atoms with van der Waals surface area (Å²) in [6, 6.07) is 17.0. The summed E-state index contributed by atoms with van der Waals surface area (Å²) in [7, 11) is 0. The van der Waals surface area contributed by atoms with E-state index in [2.05, 4.69) is 5.32 Å². The van der Waals surface area contributed by atoms with Gasteiger partial charge in [0.05, 0.1) is 13.2 Å². The maximum Gasteiger partial charge on any atom is 0.251 e. The highest BCUT2D eigenvalue weighted by Crippen LogP contribution is 2.07. The third kappa shape index (κ3) is 6.72. The van der Waals surface area contributed by atoms with Crippen LogP contribution in [-0.4, -0.2) is 19.1 Å². The molecule has 1 atom stereocenters. The van der Waals surface area contributed by atoms with E-state index in [1.54, 1.807) is 24.3 Å². The smallest absolute Gasteiger partial charge is 0.251 e. The monoisotopic (exact) mass is 334 g/mol. The molecule has 2 aromatic carbocycles. The third-order valence-corrected chi connectivity index (χ3v) is 3.27. The molecule has 1 unspecified atom stereocenters. The highest BCUT2D eigenvalue weighted by Gasteiger charge is 2.08. The van der Waals surface area contributed by atoms with Gasteiger partial charge in [0, 0.05) is 17.8 Å². The fourth-order valence-corrected chi connectivity index (χ4v) is 2.06. The van der Waals surface area contributed by atoms with Crippen LogP contribution >= 0.6 is 12.4 Å². The summed E-state index contributed by atoms with van der Waals surface area (Å²) < 4.78 is 5.67. The largest absolute Gasteiger partial charge is 0.399 e. The quantitative estimate of drug-likeness (QED) is 0.764. The zero-order valence-electron chi connectivity index (χ0n) is 13.2. The van der Waals surface area contributed by atoms with Crippen molar-refractivity contribution in [3.05, 3.63) is 65.7 Å². The van der Waals surface area contributed by atoms with Crippen LogP contribution in [0, 0.1) is 5.92 Å². The van der Waals surface area contributed by atoms with Crippen molar-refractivity contribution >= 4 is 24.0 Å². The van der Waals surface area contributed by atoms with Crippen molar-refractivity contribution in [2.75, 3.05) is 18.9 Å². The summed E-state index contributed by atoms with van der Waals surface area (Å²) in [5.41, 5.74) is 8.00. The Morgan fingerprint density at radius 2 is 1.91 bits per heavy atom. The maximum absolute atomic E-state index is 12.0. The normalized spacial score (nSPS) is 11.3. The lowest BCUT2D eigenvalue weighted by molar-refractivity contribution is 0.0843. The molecule has 0 saturated heterocycles. The van der Waals surface area contributed by atoms with Crippen LogP contribution in [0.5, 0.6) is 0 Å². The van der Waals surface area contributed by atoms with Crippen LogP contribution < -0.4 is 11.1 Å². The maximum atomic E-state index is 12.0. The molecule has 0 bridgehead atoms. The van der Waals surface area contributed by atoms with E-state index in [9.17, 15) is 4.79 Å². The summed E-state index contributed by atoms with van der Waals surface area (Å²) >= 11 is 0. The van der Waals surface area contributed by atoms with Gasteiger partial charge in [-0.2, -0.15) is 0 Å². The Balaban J connectivity index is 0.00000264. The van der Waals surface area contributed by atoms with Crippen LogP contribution in [0.25, 0.3) is 0 Å². The zero-order valence-corrected chi connectivity index (χ0v) is 14.0. The lowest BCUT2D eigenvalue weighted by Crippen LogP contribution is -2.30. The number of hydrogen-bond acceptors (Lipinski definition) is 3. The lowest BCUT2D eigenvalue weighted by atomic mass is 10.1. The SMILES string of the molecule is CC(CNC(=O)c1cccc(N)c1)COCc1ccccc1.Cl. The molecule has 0 spiro atoms. The van der Waals surface area contributed by atoms with Crippen LogP contribution in [0.4, 0.5) is 5.69 Å². The van der Waals surface area contributed by atoms with Crippen LogP contribution in [0.2, 0.25) is 0 Å². The van der Waals surface area contributed by atoms with Gasteiger partial charge in [-0.25, -0.2) is 0 Å². The summed E-state index contributed by atoms with van der Waals surface area (Å²) in [6.45, 7) is 3.81. The highest BCUT2D eigenvalue weighted by molar-refractivity contribution is 5.94. The molecule has 4 nitrogen and oxygen atoms in total. The zero-order chi connectivity index (χ0) is 15.8. The van der Waals surface area contributed by atoms with E-state index in [0.717, 1.165) is 5.56 Å². The second-order valence-electron chi connectivity index (χ2n) is 5.44. The Morgan fingerprint density at radius 1 is 1.17 bits per heavy atom. The van der Waals surface area contributed by atoms with Crippen molar-refractivity contribution in [2.45, 2.75) is 13.5 Å². The first-order chi connectivity index (χ1) is 10.6. The molecule has 0 aliphatic heterocycles. The number of nitrogens with one attached hydrogen (secondary N) is 1. The molecule has 0 aliphatic carbocycles. The molecule has 0 fully saturated rings. The molecule has 23 heavy (non-hydrogen) atoms. The predicted octanol–water partition coefficient (Wildman–Crippen LogP) is 3.27. The topological polar surface area (TPSA) is 64.4 Å². The number of nitrogen functional groups attached to an aromatic ring is 1. The van der Waals surface area contributed by atoms with Gasteiger partial charge in [0.25, 0.3) is 5.91 Å². The Morgan fingerprint density at radius 3 is 2.61 bits per heavy atom. The first kappa shape index (κ1) is 19.0. The molecular formula is C18H23ClN2O2. The standard InChI is InChI=1S/C18H22N2O2.ClH/c1-14(12-22-13-15-6-3-2-4-7-15)11-20-18(21)16-8-5-9-17(19)10-16;/h2-10,14H,11-13,19H2,1H3,(H,20,21);1H. The molecular weight excluding hydrogens is 312 g/mol. The van der Waals surface area contributed by atoms with Crippen LogP contribution in [0.3, 0.4) is 0 Å². The number of halogens is 1. The highest BCUT2D eigenvalue weighted by atomic mass is 35.5. The molecule has 0 radical (unpaired) electrons. The van der Waals surface area contributed by atoms with Crippen molar-refractivity contribution in [1.29, 1.82) is 0 Å². The number of ether oxygens (including phenoxy) is 1. The average molecular weight is 335 g/mol. The number of anilines is 1. The van der Waals surface area contributed by atoms with Gasteiger partial charge in [-0.15, -0.1) is 12.4 Å². The molecule has 0 heterocycles. The minimum absolute atomic E-state index is 0. The molecule has 1 amide bonds.